The number of rotatable bonds is 5. The van der Waals surface area contributed by atoms with E-state index in [9.17, 15) is 13.2 Å². The van der Waals surface area contributed by atoms with Crippen LogP contribution in [0.5, 0.6) is 0 Å². The minimum Gasteiger partial charge on any atom is -0.336 e. The normalized spacial score (nSPS) is 15.3. The van der Waals surface area contributed by atoms with Crippen LogP contribution in [0.4, 0.5) is 0 Å². The summed E-state index contributed by atoms with van der Waals surface area (Å²) in [5.74, 6) is 0.277. The summed E-state index contributed by atoms with van der Waals surface area (Å²) in [5.41, 5.74) is 0.174. The van der Waals surface area contributed by atoms with Gasteiger partial charge in [-0.05, 0) is 50.8 Å². The zero-order valence-electron chi connectivity index (χ0n) is 11.8. The zero-order chi connectivity index (χ0) is 15.8. The molecule has 0 aliphatic heterocycles. The quantitative estimate of drug-likeness (QED) is 0.764. The Morgan fingerprint density at radius 2 is 2.00 bits per heavy atom. The summed E-state index contributed by atoms with van der Waals surface area (Å²) >= 11 is 6.06. The van der Waals surface area contributed by atoms with Gasteiger partial charge >= 0.3 is 0 Å². The molecule has 2 rings (SSSR count). The highest BCUT2D eigenvalue weighted by molar-refractivity contribution is 8.13. The predicted octanol–water partition coefficient (Wildman–Crippen LogP) is 3.53. The van der Waals surface area contributed by atoms with Crippen LogP contribution in [0.25, 0.3) is 0 Å². The Bertz CT molecular complexity index is 654. The first-order valence-electron chi connectivity index (χ1n) is 6.75. The van der Waals surface area contributed by atoms with Crippen molar-refractivity contribution in [1.29, 1.82) is 0 Å². The lowest BCUT2D eigenvalue weighted by Crippen LogP contribution is -2.38. The van der Waals surface area contributed by atoms with Crippen LogP contribution in [0, 0.1) is 5.92 Å². The molecule has 7 heteroatoms. The predicted molar refractivity (Wildman–Crippen MR) is 83.4 cm³/mol. The van der Waals surface area contributed by atoms with Crippen LogP contribution in [0.3, 0.4) is 0 Å². The second kappa shape index (κ2) is 6.15. The topological polar surface area (TPSA) is 54.5 Å². The number of carbonyl (C=O) groups is 1. The van der Waals surface area contributed by atoms with Crippen molar-refractivity contribution in [3.8, 4) is 0 Å². The summed E-state index contributed by atoms with van der Waals surface area (Å²) in [5, 5.41) is 0.227. The van der Waals surface area contributed by atoms with Gasteiger partial charge in [0.25, 0.3) is 15.0 Å². The van der Waals surface area contributed by atoms with E-state index in [0.717, 1.165) is 12.8 Å². The van der Waals surface area contributed by atoms with Gasteiger partial charge < -0.3 is 4.90 Å². The first-order chi connectivity index (χ1) is 9.70. The molecule has 116 valence electrons. The van der Waals surface area contributed by atoms with E-state index in [1.165, 1.54) is 18.2 Å². The Morgan fingerprint density at radius 1 is 1.38 bits per heavy atom. The summed E-state index contributed by atoms with van der Waals surface area (Å²) in [4.78, 5) is 14.3. The van der Waals surface area contributed by atoms with Crippen molar-refractivity contribution in [3.63, 3.8) is 0 Å². The summed E-state index contributed by atoms with van der Waals surface area (Å²) in [7, 11) is 1.44. The summed E-state index contributed by atoms with van der Waals surface area (Å²) in [6.07, 6.45) is 2.25. The van der Waals surface area contributed by atoms with Crippen molar-refractivity contribution >= 4 is 37.2 Å². The van der Waals surface area contributed by atoms with E-state index in [2.05, 4.69) is 0 Å². The highest BCUT2D eigenvalue weighted by atomic mass is 35.7. The molecular weight excluding hydrogens is 333 g/mol. The summed E-state index contributed by atoms with van der Waals surface area (Å²) in [6.45, 7) is 4.53. The van der Waals surface area contributed by atoms with E-state index in [0.29, 0.717) is 12.5 Å². The van der Waals surface area contributed by atoms with Crippen LogP contribution >= 0.6 is 22.3 Å². The number of hydrogen-bond donors (Lipinski definition) is 0. The fourth-order valence-corrected chi connectivity index (χ4v) is 3.06. The first kappa shape index (κ1) is 16.6. The van der Waals surface area contributed by atoms with E-state index in [1.54, 1.807) is 4.90 Å². The van der Waals surface area contributed by atoms with E-state index in [1.807, 2.05) is 13.8 Å². The molecule has 1 aromatic rings. The fourth-order valence-electron chi connectivity index (χ4n) is 2.08. The van der Waals surface area contributed by atoms with E-state index >= 15 is 0 Å². The number of nitrogens with zero attached hydrogens (tertiary/aromatic N) is 1. The molecular formula is C14H17Cl2NO3S. The number of benzene rings is 1. The van der Waals surface area contributed by atoms with Gasteiger partial charge in [-0.3, -0.25) is 4.79 Å². The number of amides is 1. The monoisotopic (exact) mass is 349 g/mol. The molecule has 0 bridgehead atoms. The van der Waals surface area contributed by atoms with Gasteiger partial charge in [0.2, 0.25) is 0 Å². The van der Waals surface area contributed by atoms with Crippen LogP contribution in [-0.2, 0) is 9.05 Å². The Hall–Kier alpha value is -0.780. The third-order valence-electron chi connectivity index (χ3n) is 3.49. The molecule has 0 saturated heterocycles. The zero-order valence-corrected chi connectivity index (χ0v) is 14.2. The van der Waals surface area contributed by atoms with Crippen LogP contribution in [0.2, 0.25) is 5.02 Å². The van der Waals surface area contributed by atoms with Crippen LogP contribution in [-0.4, -0.2) is 31.8 Å². The molecule has 0 heterocycles. The van der Waals surface area contributed by atoms with Crippen LogP contribution in [0.15, 0.2) is 23.1 Å². The maximum absolute atomic E-state index is 12.7. The Labute approximate surface area is 134 Å². The third-order valence-corrected chi connectivity index (χ3v) is 5.17. The second-order valence-electron chi connectivity index (χ2n) is 5.57. The maximum atomic E-state index is 12.7. The van der Waals surface area contributed by atoms with Crippen molar-refractivity contribution in [2.75, 3.05) is 6.54 Å². The summed E-state index contributed by atoms with van der Waals surface area (Å²) in [6, 6.07) is 3.95. The van der Waals surface area contributed by atoms with Gasteiger partial charge in [-0.25, -0.2) is 8.42 Å². The van der Waals surface area contributed by atoms with Crippen LogP contribution < -0.4 is 0 Å². The fraction of sp³-hybridized carbons (Fsp3) is 0.500. The van der Waals surface area contributed by atoms with E-state index in [-0.39, 0.29) is 27.4 Å². The lowest BCUT2D eigenvalue weighted by atomic mass is 10.1. The minimum atomic E-state index is -3.89. The molecule has 1 aliphatic rings. The molecule has 1 saturated carbocycles. The van der Waals surface area contributed by atoms with Gasteiger partial charge in [0, 0.05) is 23.3 Å². The molecule has 1 fully saturated rings. The van der Waals surface area contributed by atoms with Gasteiger partial charge in [0.1, 0.15) is 0 Å². The van der Waals surface area contributed by atoms with Gasteiger partial charge in [0.05, 0.1) is 15.5 Å². The second-order valence-corrected chi connectivity index (χ2v) is 8.55. The Morgan fingerprint density at radius 3 is 2.48 bits per heavy atom. The number of hydrogen-bond acceptors (Lipinski definition) is 3. The van der Waals surface area contributed by atoms with Crippen molar-refractivity contribution < 1.29 is 13.2 Å². The van der Waals surface area contributed by atoms with Crippen molar-refractivity contribution in [3.05, 3.63) is 28.8 Å². The van der Waals surface area contributed by atoms with Crippen molar-refractivity contribution in [2.45, 2.75) is 37.6 Å². The highest BCUT2D eigenvalue weighted by Gasteiger charge is 2.30. The molecule has 0 N–H and O–H groups in total. The Kier molecular flexibility index (Phi) is 4.85. The van der Waals surface area contributed by atoms with Crippen LogP contribution in [0.1, 0.15) is 37.0 Å². The molecule has 1 aliphatic carbocycles. The molecule has 0 spiro atoms. The van der Waals surface area contributed by atoms with Crippen molar-refractivity contribution in [1.82, 2.24) is 4.90 Å². The van der Waals surface area contributed by atoms with Gasteiger partial charge in [-0.15, -0.1) is 0 Å². The molecule has 21 heavy (non-hydrogen) atoms. The minimum absolute atomic E-state index is 0.0189. The lowest BCUT2D eigenvalue weighted by Gasteiger charge is -2.27. The highest BCUT2D eigenvalue weighted by Crippen LogP contribution is 2.32. The largest absolute Gasteiger partial charge is 0.336 e. The molecule has 0 atom stereocenters. The van der Waals surface area contributed by atoms with Gasteiger partial charge in [0.15, 0.2) is 0 Å². The first-order valence-corrected chi connectivity index (χ1v) is 9.44. The van der Waals surface area contributed by atoms with E-state index < -0.39 is 9.05 Å². The standard InChI is InChI=1S/C14H17Cl2NO3S/c1-9(2)17(8-10-3-4-10)14(18)12-7-11(21(16,19)20)5-6-13(12)15/h5-7,9-10H,3-4,8H2,1-2H3. The maximum Gasteiger partial charge on any atom is 0.261 e. The van der Waals surface area contributed by atoms with Gasteiger partial charge in [-0.2, -0.15) is 0 Å². The van der Waals surface area contributed by atoms with Crippen molar-refractivity contribution in [2.24, 2.45) is 5.92 Å². The molecule has 0 radical (unpaired) electrons. The lowest BCUT2D eigenvalue weighted by molar-refractivity contribution is 0.0696. The Balaban J connectivity index is 2.36. The molecule has 0 unspecified atom stereocenters. The molecule has 0 aromatic heterocycles. The average Bonchev–Trinajstić information content (AvgIpc) is 3.18. The SMILES string of the molecule is CC(C)N(CC1CC1)C(=O)c1cc(S(=O)(=O)Cl)ccc1Cl. The average molecular weight is 350 g/mol. The number of carbonyl (C=O) groups excluding carboxylic acids is 1. The van der Waals surface area contributed by atoms with Gasteiger partial charge in [-0.1, -0.05) is 11.6 Å². The molecule has 4 nitrogen and oxygen atoms in total. The number of halogens is 2. The van der Waals surface area contributed by atoms with E-state index in [4.69, 9.17) is 22.3 Å². The summed E-state index contributed by atoms with van der Waals surface area (Å²) < 4.78 is 22.8. The smallest absolute Gasteiger partial charge is 0.261 e. The molecule has 1 amide bonds. The third kappa shape index (κ3) is 4.11. The molecule has 1 aromatic carbocycles.